The van der Waals surface area contributed by atoms with Gasteiger partial charge >= 0.3 is 0 Å². The maximum atomic E-state index is 10.3. The molecule has 0 unspecified atom stereocenters. The molecular weight excluding hydrogens is 663 g/mol. The van der Waals surface area contributed by atoms with E-state index in [1.54, 1.807) is 0 Å². The van der Waals surface area contributed by atoms with Crippen molar-refractivity contribution in [3.05, 3.63) is 167 Å². The lowest BCUT2D eigenvalue weighted by molar-refractivity contribution is 0.299. The molecule has 48 heavy (non-hydrogen) atoms. The summed E-state index contributed by atoms with van der Waals surface area (Å²) >= 11 is 7.28. The Labute approximate surface area is 295 Å². The number of hydrogen-bond donors (Lipinski definition) is 2. The second kappa shape index (κ2) is 12.3. The Balaban J connectivity index is 1.36. The summed E-state index contributed by atoms with van der Waals surface area (Å²) in [4.78, 5) is 5.21. The molecular formula is C42H31NOS4. The minimum atomic E-state index is -0.0574. The summed E-state index contributed by atoms with van der Waals surface area (Å²) in [5, 5.41) is 29.5. The first-order valence-electron chi connectivity index (χ1n) is 16.1. The molecule has 0 bridgehead atoms. The fourth-order valence-corrected chi connectivity index (χ4v) is 12.0. The van der Waals surface area contributed by atoms with Crippen LogP contribution in [0.15, 0.2) is 131 Å². The van der Waals surface area contributed by atoms with E-state index in [1.807, 2.05) is 45.3 Å². The third kappa shape index (κ3) is 4.90. The van der Waals surface area contributed by atoms with Gasteiger partial charge in [0.25, 0.3) is 0 Å². The van der Waals surface area contributed by atoms with E-state index < -0.39 is 0 Å². The zero-order valence-corrected chi connectivity index (χ0v) is 29.2. The van der Waals surface area contributed by atoms with Crippen LogP contribution in [0, 0.1) is 0 Å². The van der Waals surface area contributed by atoms with Crippen molar-refractivity contribution in [2.75, 3.05) is 12.3 Å². The van der Waals surface area contributed by atoms with Crippen LogP contribution in [-0.4, -0.2) is 11.7 Å². The third-order valence-electron chi connectivity index (χ3n) is 9.53. The third-order valence-corrected chi connectivity index (χ3v) is 13.9. The second-order valence-electron chi connectivity index (χ2n) is 12.3. The number of nitrogens with two attached hydrogens (primary N) is 1. The molecule has 0 saturated carbocycles. The molecule has 0 amide bonds. The summed E-state index contributed by atoms with van der Waals surface area (Å²) in [5.74, 6) is -0.115. The molecule has 3 N–H and O–H groups in total. The fourth-order valence-electron chi connectivity index (χ4n) is 7.27. The van der Waals surface area contributed by atoms with E-state index in [1.165, 1.54) is 62.6 Å². The van der Waals surface area contributed by atoms with Crippen molar-refractivity contribution in [2.45, 2.75) is 18.3 Å². The predicted octanol–water partition coefficient (Wildman–Crippen LogP) is 12.0. The summed E-state index contributed by atoms with van der Waals surface area (Å²) in [6.45, 7) is 0.0753. The van der Waals surface area contributed by atoms with Gasteiger partial charge < -0.3 is 10.8 Å². The van der Waals surface area contributed by atoms with E-state index in [-0.39, 0.29) is 18.4 Å². The van der Waals surface area contributed by atoms with E-state index in [2.05, 4.69) is 131 Å². The Kier molecular flexibility index (Phi) is 7.64. The number of fused-ring (bicyclic) bond motifs is 4. The van der Waals surface area contributed by atoms with Crippen molar-refractivity contribution in [1.82, 2.24) is 0 Å². The maximum Gasteiger partial charge on any atom is 0.0560 e. The molecule has 0 saturated heterocycles. The van der Waals surface area contributed by atoms with Crippen molar-refractivity contribution in [2.24, 2.45) is 0 Å². The van der Waals surface area contributed by atoms with Crippen molar-refractivity contribution in [3.8, 4) is 0 Å². The number of anilines is 1. The number of aliphatic hydroxyl groups excluding tert-OH is 1. The number of benzene rings is 5. The normalized spacial score (nSPS) is 12.1. The van der Waals surface area contributed by atoms with Crippen LogP contribution in [-0.2, 0) is 6.42 Å². The topological polar surface area (TPSA) is 46.2 Å². The first kappa shape index (κ1) is 29.8. The Morgan fingerprint density at radius 3 is 1.10 bits per heavy atom. The van der Waals surface area contributed by atoms with Gasteiger partial charge in [0, 0.05) is 31.8 Å². The predicted molar refractivity (Wildman–Crippen MR) is 211 cm³/mol. The van der Waals surface area contributed by atoms with Crippen LogP contribution in [0.3, 0.4) is 0 Å². The molecule has 6 heteroatoms. The molecule has 4 heterocycles. The Morgan fingerprint density at radius 1 is 0.479 bits per heavy atom. The van der Waals surface area contributed by atoms with Crippen LogP contribution < -0.4 is 5.73 Å². The molecule has 0 radical (unpaired) electrons. The highest BCUT2D eigenvalue weighted by molar-refractivity contribution is 7.14. The van der Waals surface area contributed by atoms with E-state index in [0.717, 1.165) is 22.4 Å². The van der Waals surface area contributed by atoms with E-state index in [0.29, 0.717) is 6.42 Å². The molecule has 234 valence electrons. The molecule has 5 aromatic carbocycles. The molecule has 2 nitrogen and oxygen atoms in total. The van der Waals surface area contributed by atoms with Crippen LogP contribution in [0.5, 0.6) is 0 Å². The van der Waals surface area contributed by atoms with Gasteiger partial charge in [-0.3, -0.25) is 0 Å². The molecule has 9 rings (SSSR count). The number of aliphatic hydroxyl groups is 1. The average Bonchev–Trinajstić information content (AvgIpc) is 3.93. The van der Waals surface area contributed by atoms with Gasteiger partial charge in [-0.25, -0.2) is 0 Å². The Morgan fingerprint density at radius 2 is 0.792 bits per heavy atom. The lowest BCUT2D eigenvalue weighted by Gasteiger charge is -2.26. The van der Waals surface area contributed by atoms with Crippen LogP contribution in [0.25, 0.3) is 43.1 Å². The van der Waals surface area contributed by atoms with Gasteiger partial charge in [-0.15, -0.1) is 45.3 Å². The van der Waals surface area contributed by atoms with Crippen molar-refractivity contribution in [3.63, 3.8) is 0 Å². The van der Waals surface area contributed by atoms with Crippen LogP contribution in [0.1, 0.15) is 48.0 Å². The summed E-state index contributed by atoms with van der Waals surface area (Å²) in [6, 6.07) is 39.4. The average molecular weight is 694 g/mol. The van der Waals surface area contributed by atoms with Gasteiger partial charge in [0.15, 0.2) is 0 Å². The summed E-state index contributed by atoms with van der Waals surface area (Å²) in [6.07, 6.45) is 0.562. The van der Waals surface area contributed by atoms with Gasteiger partial charge in [-0.1, -0.05) is 109 Å². The quantitative estimate of drug-likeness (QED) is 0.156. The van der Waals surface area contributed by atoms with Crippen molar-refractivity contribution >= 4 is 94.1 Å². The van der Waals surface area contributed by atoms with Crippen molar-refractivity contribution < 1.29 is 5.11 Å². The molecule has 0 aliphatic heterocycles. The summed E-state index contributed by atoms with van der Waals surface area (Å²) < 4.78 is 0. The summed E-state index contributed by atoms with van der Waals surface area (Å²) in [7, 11) is 0. The van der Waals surface area contributed by atoms with Gasteiger partial charge in [0.2, 0.25) is 0 Å². The zero-order valence-electron chi connectivity index (χ0n) is 25.9. The van der Waals surface area contributed by atoms with Gasteiger partial charge in [-0.05, 0) is 87.7 Å². The highest BCUT2D eigenvalue weighted by atomic mass is 32.1. The van der Waals surface area contributed by atoms with Gasteiger partial charge in [-0.2, -0.15) is 0 Å². The lowest BCUT2D eigenvalue weighted by atomic mass is 9.83. The van der Waals surface area contributed by atoms with E-state index in [9.17, 15) is 5.11 Å². The molecule has 0 atom stereocenters. The molecule has 0 fully saturated rings. The van der Waals surface area contributed by atoms with E-state index in [4.69, 9.17) is 5.73 Å². The number of thiophene rings is 4. The highest BCUT2D eigenvalue weighted by Gasteiger charge is 2.32. The van der Waals surface area contributed by atoms with Gasteiger partial charge in [0.1, 0.15) is 0 Å². The molecule has 9 aromatic rings. The van der Waals surface area contributed by atoms with E-state index >= 15 is 0 Å². The standard InChI is InChI=1S/C42H31NOS4/c43-38-34(36(39-30-13-5-1-9-26(30)21-45-39)40-31-14-6-2-10-27(31)22-46-40)19-25(17-18-44)20-35(38)37(41-32-15-7-3-11-28(32)23-47-41)42-33-16-8-4-12-29(33)24-48-42/h1-16,19-24,36-37,44H,17-18,43H2. The largest absolute Gasteiger partial charge is 0.398 e. The maximum absolute atomic E-state index is 10.3. The molecule has 0 aliphatic rings. The zero-order chi connectivity index (χ0) is 32.2. The summed E-state index contributed by atoms with van der Waals surface area (Å²) in [5.41, 5.74) is 11.8. The molecule has 0 aliphatic carbocycles. The van der Waals surface area contributed by atoms with Crippen molar-refractivity contribution in [1.29, 1.82) is 0 Å². The second-order valence-corrected chi connectivity index (χ2v) is 15.9. The monoisotopic (exact) mass is 693 g/mol. The number of nitrogen functional groups attached to an aromatic ring is 1. The number of rotatable bonds is 8. The lowest BCUT2D eigenvalue weighted by Crippen LogP contribution is -2.12. The van der Waals surface area contributed by atoms with Crippen LogP contribution >= 0.6 is 45.3 Å². The SMILES string of the molecule is Nc1c(C(c2scc3ccccc23)c2scc3ccccc23)cc(CCO)cc1C(c1scc2ccccc12)c1scc2ccccc12. The number of hydrogen-bond acceptors (Lipinski definition) is 6. The Hall–Kier alpha value is -4.30. The first-order chi connectivity index (χ1) is 23.7. The minimum Gasteiger partial charge on any atom is -0.398 e. The smallest absolute Gasteiger partial charge is 0.0560 e. The molecule has 0 spiro atoms. The van der Waals surface area contributed by atoms with Crippen LogP contribution in [0.2, 0.25) is 0 Å². The molecule has 4 aromatic heterocycles. The fraction of sp³-hybridized carbons (Fsp3) is 0.0952. The highest BCUT2D eigenvalue weighted by Crippen LogP contribution is 2.51. The Bertz CT molecular complexity index is 2260. The first-order valence-corrected chi connectivity index (χ1v) is 19.6. The van der Waals surface area contributed by atoms with Gasteiger partial charge in [0.05, 0.1) is 11.8 Å². The minimum absolute atomic E-state index is 0.0574. The van der Waals surface area contributed by atoms with Crippen LogP contribution in [0.4, 0.5) is 5.69 Å².